The molecule has 1 N–H and O–H groups in total. The third-order valence-electron chi connectivity index (χ3n) is 4.23. The lowest BCUT2D eigenvalue weighted by atomic mass is 10.0. The van der Waals surface area contributed by atoms with E-state index < -0.39 is 0 Å². The molecule has 0 saturated heterocycles. The van der Waals surface area contributed by atoms with Crippen molar-refractivity contribution in [2.45, 2.75) is 38.6 Å². The molecular weight excluding hydrogens is 276 g/mol. The molecule has 5 nitrogen and oxygen atoms in total. The smallest absolute Gasteiger partial charge is 0.220 e. The van der Waals surface area contributed by atoms with Gasteiger partial charge >= 0.3 is 0 Å². The van der Waals surface area contributed by atoms with Gasteiger partial charge in [0.1, 0.15) is 5.69 Å². The van der Waals surface area contributed by atoms with E-state index in [9.17, 15) is 4.79 Å². The number of nitrogens with zero attached hydrogens (tertiary/aromatic N) is 3. The Bertz CT molecular complexity index is 602. The number of nitrogens with one attached hydrogen (secondary N) is 1. The van der Waals surface area contributed by atoms with Gasteiger partial charge in [0.05, 0.1) is 0 Å². The normalized spacial score (nSPS) is 15.1. The monoisotopic (exact) mass is 298 g/mol. The molecule has 3 rings (SSSR count). The second-order valence-electron chi connectivity index (χ2n) is 5.86. The molecule has 2 heterocycles. The van der Waals surface area contributed by atoms with Crippen molar-refractivity contribution in [1.29, 1.82) is 0 Å². The van der Waals surface area contributed by atoms with Gasteiger partial charge in [-0.15, -0.1) is 0 Å². The summed E-state index contributed by atoms with van der Waals surface area (Å²) in [6.45, 7) is 1.34. The van der Waals surface area contributed by atoms with Crippen molar-refractivity contribution in [3.8, 4) is 11.5 Å². The summed E-state index contributed by atoms with van der Waals surface area (Å²) in [4.78, 5) is 20.6. The highest BCUT2D eigenvalue weighted by molar-refractivity contribution is 5.76. The molecule has 0 bridgehead atoms. The highest BCUT2D eigenvalue weighted by Crippen LogP contribution is 2.27. The summed E-state index contributed by atoms with van der Waals surface area (Å²) in [5.41, 5.74) is 0.852. The molecule has 116 valence electrons. The summed E-state index contributed by atoms with van der Waals surface area (Å²) in [5.74, 6) is 1.61. The van der Waals surface area contributed by atoms with Crippen LogP contribution >= 0.6 is 0 Å². The average Bonchev–Trinajstić information content (AvgIpc) is 3.20. The summed E-state index contributed by atoms with van der Waals surface area (Å²) in [6.07, 6.45) is 11.1. The van der Waals surface area contributed by atoms with Crippen LogP contribution in [-0.2, 0) is 11.3 Å². The largest absolute Gasteiger partial charge is 0.354 e. The van der Waals surface area contributed by atoms with E-state index in [-0.39, 0.29) is 5.91 Å². The van der Waals surface area contributed by atoms with Crippen LogP contribution in [0.1, 0.15) is 32.1 Å². The molecule has 0 radical (unpaired) electrons. The van der Waals surface area contributed by atoms with Crippen molar-refractivity contribution < 1.29 is 4.79 Å². The van der Waals surface area contributed by atoms with Crippen LogP contribution in [-0.4, -0.2) is 27.0 Å². The Morgan fingerprint density at radius 3 is 2.86 bits per heavy atom. The number of hydrogen-bond acceptors (Lipinski definition) is 3. The molecule has 0 spiro atoms. The quantitative estimate of drug-likeness (QED) is 0.892. The number of imidazole rings is 1. The van der Waals surface area contributed by atoms with E-state index in [1.807, 2.05) is 29.0 Å². The first kappa shape index (κ1) is 14.8. The fourth-order valence-electron chi connectivity index (χ4n) is 3.08. The highest BCUT2D eigenvalue weighted by atomic mass is 16.1. The molecule has 2 aromatic rings. The van der Waals surface area contributed by atoms with Crippen molar-refractivity contribution in [2.75, 3.05) is 6.54 Å². The van der Waals surface area contributed by atoms with E-state index in [4.69, 9.17) is 0 Å². The minimum absolute atomic E-state index is 0.173. The van der Waals surface area contributed by atoms with Gasteiger partial charge in [0.15, 0.2) is 5.82 Å². The minimum Gasteiger partial charge on any atom is -0.354 e. The highest BCUT2D eigenvalue weighted by Gasteiger charge is 2.18. The molecule has 0 aromatic carbocycles. The van der Waals surface area contributed by atoms with E-state index in [2.05, 4.69) is 15.3 Å². The van der Waals surface area contributed by atoms with Gasteiger partial charge in [-0.1, -0.05) is 18.9 Å². The third kappa shape index (κ3) is 3.72. The summed E-state index contributed by atoms with van der Waals surface area (Å²) >= 11 is 0. The summed E-state index contributed by atoms with van der Waals surface area (Å²) in [7, 11) is 0. The van der Waals surface area contributed by atoms with Gasteiger partial charge in [-0.05, 0) is 30.9 Å². The Labute approximate surface area is 130 Å². The topological polar surface area (TPSA) is 59.8 Å². The molecule has 1 saturated carbocycles. The Kier molecular flexibility index (Phi) is 4.83. The molecule has 1 aliphatic carbocycles. The Hall–Kier alpha value is -2.17. The van der Waals surface area contributed by atoms with E-state index in [1.165, 1.54) is 25.7 Å². The number of rotatable bonds is 6. The van der Waals surface area contributed by atoms with Crippen molar-refractivity contribution >= 4 is 5.91 Å². The zero-order chi connectivity index (χ0) is 15.2. The maximum atomic E-state index is 11.9. The summed E-state index contributed by atoms with van der Waals surface area (Å²) in [6, 6.07) is 5.78. The second-order valence-corrected chi connectivity index (χ2v) is 5.86. The summed E-state index contributed by atoms with van der Waals surface area (Å²) in [5, 5.41) is 3.02. The van der Waals surface area contributed by atoms with Crippen LogP contribution in [0.5, 0.6) is 0 Å². The average molecular weight is 298 g/mol. The Morgan fingerprint density at radius 1 is 1.23 bits per heavy atom. The molecule has 0 aliphatic heterocycles. The van der Waals surface area contributed by atoms with Crippen LogP contribution in [0.2, 0.25) is 0 Å². The van der Waals surface area contributed by atoms with Crippen molar-refractivity contribution in [2.24, 2.45) is 5.92 Å². The molecule has 2 aromatic heterocycles. The van der Waals surface area contributed by atoms with E-state index in [0.717, 1.165) is 11.5 Å². The van der Waals surface area contributed by atoms with Crippen LogP contribution in [0.3, 0.4) is 0 Å². The van der Waals surface area contributed by atoms with E-state index in [1.54, 1.807) is 12.4 Å². The predicted molar refractivity (Wildman–Crippen MR) is 85.0 cm³/mol. The van der Waals surface area contributed by atoms with E-state index >= 15 is 0 Å². The first-order valence-electron chi connectivity index (χ1n) is 8.02. The number of aromatic nitrogens is 3. The van der Waals surface area contributed by atoms with Gasteiger partial charge in [0.2, 0.25) is 5.91 Å². The molecule has 5 heteroatoms. The first-order chi connectivity index (χ1) is 10.8. The van der Waals surface area contributed by atoms with Crippen molar-refractivity contribution in [3.05, 3.63) is 36.8 Å². The lowest BCUT2D eigenvalue weighted by Gasteiger charge is -2.11. The van der Waals surface area contributed by atoms with Gasteiger partial charge in [0, 0.05) is 38.1 Å². The molecular formula is C17H22N4O. The zero-order valence-corrected chi connectivity index (χ0v) is 12.7. The van der Waals surface area contributed by atoms with Gasteiger partial charge in [-0.3, -0.25) is 9.78 Å². The fraction of sp³-hybridized carbons (Fsp3) is 0.471. The maximum absolute atomic E-state index is 11.9. The van der Waals surface area contributed by atoms with Crippen LogP contribution < -0.4 is 5.32 Å². The number of pyridine rings is 1. The Morgan fingerprint density at radius 2 is 2.09 bits per heavy atom. The number of hydrogen-bond donors (Lipinski definition) is 1. The Balaban J connectivity index is 1.50. The maximum Gasteiger partial charge on any atom is 0.220 e. The third-order valence-corrected chi connectivity index (χ3v) is 4.23. The number of carbonyl (C=O) groups is 1. The fourth-order valence-corrected chi connectivity index (χ4v) is 3.08. The van der Waals surface area contributed by atoms with E-state index in [0.29, 0.717) is 25.4 Å². The SMILES string of the molecule is O=C(CC1CCCC1)NCCn1ccnc1-c1ccccn1. The number of carbonyl (C=O) groups excluding carboxylic acids is 1. The van der Waals surface area contributed by atoms with Crippen LogP contribution in [0, 0.1) is 5.92 Å². The summed E-state index contributed by atoms with van der Waals surface area (Å²) < 4.78 is 2.03. The minimum atomic E-state index is 0.173. The number of amides is 1. The first-order valence-corrected chi connectivity index (χ1v) is 8.02. The van der Waals surface area contributed by atoms with Gasteiger partial charge in [0.25, 0.3) is 0 Å². The van der Waals surface area contributed by atoms with Crippen LogP contribution in [0.4, 0.5) is 0 Å². The zero-order valence-electron chi connectivity index (χ0n) is 12.7. The van der Waals surface area contributed by atoms with Gasteiger partial charge in [-0.25, -0.2) is 4.98 Å². The molecule has 1 fully saturated rings. The second kappa shape index (κ2) is 7.20. The van der Waals surface area contributed by atoms with Gasteiger partial charge in [-0.2, -0.15) is 0 Å². The predicted octanol–water partition coefficient (Wildman–Crippen LogP) is 2.64. The molecule has 1 aliphatic rings. The van der Waals surface area contributed by atoms with Crippen molar-refractivity contribution in [3.63, 3.8) is 0 Å². The molecule has 0 unspecified atom stereocenters. The molecule has 22 heavy (non-hydrogen) atoms. The van der Waals surface area contributed by atoms with Gasteiger partial charge < -0.3 is 9.88 Å². The van der Waals surface area contributed by atoms with Crippen LogP contribution in [0.25, 0.3) is 11.5 Å². The van der Waals surface area contributed by atoms with Crippen LogP contribution in [0.15, 0.2) is 36.8 Å². The molecule has 0 atom stereocenters. The lowest BCUT2D eigenvalue weighted by molar-refractivity contribution is -0.122. The van der Waals surface area contributed by atoms with Crippen molar-refractivity contribution in [1.82, 2.24) is 19.9 Å². The molecule has 1 amide bonds. The lowest BCUT2D eigenvalue weighted by Crippen LogP contribution is -2.28. The standard InChI is InChI=1S/C17H22N4O/c22-16(13-14-5-1-2-6-14)19-9-11-21-12-10-20-17(21)15-7-3-4-8-18-15/h3-4,7-8,10,12,14H,1-2,5-6,9,11,13H2,(H,19,22).